The average Bonchev–Trinajstić information content (AvgIpc) is 3.20. The van der Waals surface area contributed by atoms with Gasteiger partial charge in [0.2, 0.25) is 0 Å². The van der Waals surface area contributed by atoms with Gasteiger partial charge in [-0.25, -0.2) is 0 Å². The van der Waals surface area contributed by atoms with Crippen molar-refractivity contribution in [1.29, 1.82) is 0 Å². The molecule has 2 saturated carbocycles. The van der Waals surface area contributed by atoms with Gasteiger partial charge in [-0.05, 0) is 50.6 Å². The molecule has 0 aromatic rings. The summed E-state index contributed by atoms with van der Waals surface area (Å²) in [5.41, 5.74) is 6.58. The van der Waals surface area contributed by atoms with Crippen LogP contribution in [0.25, 0.3) is 0 Å². The van der Waals surface area contributed by atoms with Crippen molar-refractivity contribution in [3.05, 3.63) is 0 Å². The maximum absolute atomic E-state index is 6.11. The minimum Gasteiger partial charge on any atom is -0.330 e. The molecule has 0 atom stereocenters. The average molecular weight is 238 g/mol. The van der Waals surface area contributed by atoms with Gasteiger partial charge in [0.05, 0.1) is 0 Å². The molecule has 2 heteroatoms. The van der Waals surface area contributed by atoms with E-state index >= 15 is 0 Å². The molecule has 0 aliphatic heterocycles. The van der Waals surface area contributed by atoms with Crippen molar-refractivity contribution in [3.8, 4) is 0 Å². The fourth-order valence-electron chi connectivity index (χ4n) is 3.35. The summed E-state index contributed by atoms with van der Waals surface area (Å²) in [6, 6.07) is 0.909. The zero-order chi connectivity index (χ0) is 12.1. The van der Waals surface area contributed by atoms with Crippen LogP contribution in [-0.4, -0.2) is 30.6 Å². The van der Waals surface area contributed by atoms with Crippen molar-refractivity contribution < 1.29 is 0 Å². The number of hydrogen-bond acceptors (Lipinski definition) is 2. The van der Waals surface area contributed by atoms with Gasteiger partial charge in [-0.1, -0.05) is 32.6 Å². The minimum absolute atomic E-state index is 0.467. The zero-order valence-corrected chi connectivity index (χ0v) is 11.6. The van der Waals surface area contributed by atoms with Crippen molar-refractivity contribution >= 4 is 0 Å². The highest BCUT2D eigenvalue weighted by Crippen LogP contribution is 2.38. The van der Waals surface area contributed by atoms with Gasteiger partial charge < -0.3 is 5.73 Å². The Morgan fingerprint density at radius 2 is 1.88 bits per heavy atom. The quantitative estimate of drug-likeness (QED) is 0.738. The van der Waals surface area contributed by atoms with E-state index in [1.807, 2.05) is 0 Å². The molecule has 0 aromatic carbocycles. The van der Waals surface area contributed by atoms with Crippen LogP contribution < -0.4 is 5.73 Å². The molecule has 0 heterocycles. The molecule has 0 bridgehead atoms. The molecule has 0 aromatic heterocycles. The van der Waals surface area contributed by atoms with E-state index in [0.717, 1.165) is 12.6 Å². The number of rotatable bonds is 7. The molecular weight excluding hydrogens is 208 g/mol. The van der Waals surface area contributed by atoms with Crippen molar-refractivity contribution in [2.75, 3.05) is 19.6 Å². The Balaban J connectivity index is 1.89. The summed E-state index contributed by atoms with van der Waals surface area (Å²) in [4.78, 5) is 2.77. The van der Waals surface area contributed by atoms with Crippen molar-refractivity contribution in [2.45, 2.75) is 70.8 Å². The van der Waals surface area contributed by atoms with Gasteiger partial charge in [-0.15, -0.1) is 0 Å². The van der Waals surface area contributed by atoms with Crippen LogP contribution in [0.3, 0.4) is 0 Å². The highest BCUT2D eigenvalue weighted by molar-refractivity contribution is 4.92. The van der Waals surface area contributed by atoms with Crippen LogP contribution in [0, 0.1) is 5.41 Å². The molecule has 2 N–H and O–H groups in total. The van der Waals surface area contributed by atoms with E-state index in [2.05, 4.69) is 11.8 Å². The van der Waals surface area contributed by atoms with Crippen molar-refractivity contribution in [2.24, 2.45) is 11.1 Å². The molecule has 0 radical (unpaired) electrons. The molecule has 2 rings (SSSR count). The van der Waals surface area contributed by atoms with Gasteiger partial charge >= 0.3 is 0 Å². The van der Waals surface area contributed by atoms with Gasteiger partial charge in [0.1, 0.15) is 0 Å². The highest BCUT2D eigenvalue weighted by Gasteiger charge is 2.37. The van der Waals surface area contributed by atoms with Gasteiger partial charge in [0.25, 0.3) is 0 Å². The second kappa shape index (κ2) is 6.19. The predicted octanol–water partition coefficient (Wildman–Crippen LogP) is 3.16. The van der Waals surface area contributed by atoms with E-state index in [-0.39, 0.29) is 0 Å². The van der Waals surface area contributed by atoms with E-state index in [1.165, 1.54) is 70.9 Å². The van der Waals surface area contributed by atoms with Gasteiger partial charge in [0, 0.05) is 12.6 Å². The molecule has 0 amide bonds. The molecule has 2 aliphatic carbocycles. The molecule has 17 heavy (non-hydrogen) atoms. The monoisotopic (exact) mass is 238 g/mol. The Labute approximate surface area is 107 Å². The van der Waals surface area contributed by atoms with Crippen LogP contribution in [0.5, 0.6) is 0 Å². The first-order valence-corrected chi connectivity index (χ1v) is 7.74. The van der Waals surface area contributed by atoms with E-state index in [9.17, 15) is 0 Å². The maximum Gasteiger partial charge on any atom is 0.00966 e. The molecule has 0 saturated heterocycles. The van der Waals surface area contributed by atoms with Gasteiger partial charge in [-0.3, -0.25) is 4.90 Å². The fraction of sp³-hybridized carbons (Fsp3) is 1.00. The van der Waals surface area contributed by atoms with Crippen molar-refractivity contribution in [3.63, 3.8) is 0 Å². The third-order valence-corrected chi connectivity index (χ3v) is 4.75. The topological polar surface area (TPSA) is 29.3 Å². The van der Waals surface area contributed by atoms with Crippen LogP contribution >= 0.6 is 0 Å². The lowest BCUT2D eigenvalue weighted by Crippen LogP contribution is -2.45. The molecule has 0 spiro atoms. The van der Waals surface area contributed by atoms with E-state index in [1.54, 1.807) is 0 Å². The Morgan fingerprint density at radius 1 is 1.18 bits per heavy atom. The predicted molar refractivity (Wildman–Crippen MR) is 74.1 cm³/mol. The Hall–Kier alpha value is -0.0800. The summed E-state index contributed by atoms with van der Waals surface area (Å²) in [5.74, 6) is 0. The number of nitrogens with zero attached hydrogens (tertiary/aromatic N) is 1. The highest BCUT2D eigenvalue weighted by atomic mass is 15.2. The van der Waals surface area contributed by atoms with Crippen molar-refractivity contribution in [1.82, 2.24) is 4.90 Å². The maximum atomic E-state index is 6.11. The number of nitrogens with two attached hydrogens (primary N) is 1. The van der Waals surface area contributed by atoms with Crippen LogP contribution in [0.2, 0.25) is 0 Å². The fourth-order valence-corrected chi connectivity index (χ4v) is 3.35. The lowest BCUT2D eigenvalue weighted by molar-refractivity contribution is 0.105. The van der Waals surface area contributed by atoms with Crippen LogP contribution in [-0.2, 0) is 0 Å². The first kappa shape index (κ1) is 13.4. The minimum atomic E-state index is 0.467. The smallest absolute Gasteiger partial charge is 0.00966 e. The molecule has 2 aliphatic rings. The molecule has 0 unspecified atom stereocenters. The molecule has 2 fully saturated rings. The lowest BCUT2D eigenvalue weighted by Gasteiger charge is -2.40. The molecular formula is C15H30N2. The van der Waals surface area contributed by atoms with Crippen LogP contribution in [0.4, 0.5) is 0 Å². The van der Waals surface area contributed by atoms with E-state index < -0.39 is 0 Å². The summed E-state index contributed by atoms with van der Waals surface area (Å²) in [6.07, 6.45) is 12.5. The first-order chi connectivity index (χ1) is 8.29. The van der Waals surface area contributed by atoms with Crippen LogP contribution in [0.1, 0.15) is 64.7 Å². The Morgan fingerprint density at radius 3 is 2.41 bits per heavy atom. The lowest BCUT2D eigenvalue weighted by atomic mass is 9.73. The Bertz CT molecular complexity index is 217. The zero-order valence-electron chi connectivity index (χ0n) is 11.6. The number of unbranched alkanes of at least 4 members (excludes halogenated alkanes) is 1. The number of hydrogen-bond donors (Lipinski definition) is 1. The van der Waals surface area contributed by atoms with E-state index in [4.69, 9.17) is 5.73 Å². The standard InChI is InChI=1S/C15H30N2/c1-2-3-11-17(14-7-8-14)13-15(12-16)9-5-4-6-10-15/h14H,2-13,16H2,1H3. The normalized spacial score (nSPS) is 24.2. The molecule has 2 nitrogen and oxygen atoms in total. The first-order valence-electron chi connectivity index (χ1n) is 7.74. The summed E-state index contributed by atoms with van der Waals surface area (Å²) < 4.78 is 0. The SMILES string of the molecule is CCCCN(CC1(CN)CCCCC1)C1CC1. The Kier molecular flexibility index (Phi) is 4.87. The van der Waals surface area contributed by atoms with Crippen LogP contribution in [0.15, 0.2) is 0 Å². The summed E-state index contributed by atoms with van der Waals surface area (Å²) in [6.45, 7) is 5.80. The van der Waals surface area contributed by atoms with E-state index in [0.29, 0.717) is 5.41 Å². The second-order valence-corrected chi connectivity index (χ2v) is 6.32. The largest absolute Gasteiger partial charge is 0.330 e. The third kappa shape index (κ3) is 3.69. The van der Waals surface area contributed by atoms with Gasteiger partial charge in [-0.2, -0.15) is 0 Å². The summed E-state index contributed by atoms with van der Waals surface area (Å²) in [7, 11) is 0. The third-order valence-electron chi connectivity index (χ3n) is 4.75. The second-order valence-electron chi connectivity index (χ2n) is 6.32. The van der Waals surface area contributed by atoms with Gasteiger partial charge in [0.15, 0.2) is 0 Å². The summed E-state index contributed by atoms with van der Waals surface area (Å²) in [5, 5.41) is 0. The summed E-state index contributed by atoms with van der Waals surface area (Å²) >= 11 is 0. The molecule has 100 valence electrons.